The van der Waals surface area contributed by atoms with Crippen LogP contribution >= 0.6 is 0 Å². The van der Waals surface area contributed by atoms with Gasteiger partial charge in [0, 0.05) is 44.5 Å². The van der Waals surface area contributed by atoms with Crippen molar-refractivity contribution in [1.29, 1.82) is 0 Å². The lowest BCUT2D eigenvalue weighted by Gasteiger charge is -2.36. The summed E-state index contributed by atoms with van der Waals surface area (Å²) in [4.78, 5) is 28.0. The van der Waals surface area contributed by atoms with Crippen molar-refractivity contribution >= 4 is 11.9 Å². The molecule has 0 aromatic carbocycles. The minimum atomic E-state index is 0.168. The smallest absolute Gasteiger partial charge is 0.228 e. The van der Waals surface area contributed by atoms with Crippen LogP contribution in [0.1, 0.15) is 19.0 Å². The zero-order valence-corrected chi connectivity index (χ0v) is 14.9. The number of aromatic nitrogens is 2. The van der Waals surface area contributed by atoms with Gasteiger partial charge in [0.1, 0.15) is 0 Å². The number of ether oxygens (including phenoxy) is 1. The largest absolute Gasteiger partial charge is 0.478 e. The number of hydrogen-bond donors (Lipinski definition) is 0. The van der Waals surface area contributed by atoms with E-state index in [2.05, 4.69) is 26.8 Å². The quantitative estimate of drug-likeness (QED) is 0.812. The number of aryl methyl sites for hydroxylation is 1. The van der Waals surface area contributed by atoms with Crippen molar-refractivity contribution in [1.82, 2.24) is 19.8 Å². The number of carbonyl (C=O) groups is 1. The minimum absolute atomic E-state index is 0.168. The van der Waals surface area contributed by atoms with Gasteiger partial charge in [0.25, 0.3) is 0 Å². The van der Waals surface area contributed by atoms with Gasteiger partial charge >= 0.3 is 0 Å². The Morgan fingerprint density at radius 1 is 1.25 bits per heavy atom. The third kappa shape index (κ3) is 3.77. The van der Waals surface area contributed by atoms with E-state index in [-0.39, 0.29) is 5.92 Å². The zero-order valence-electron chi connectivity index (χ0n) is 14.9. The first-order valence-corrected chi connectivity index (χ1v) is 8.77. The van der Waals surface area contributed by atoms with Crippen molar-refractivity contribution in [3.05, 3.63) is 11.8 Å². The van der Waals surface area contributed by atoms with Crippen molar-refractivity contribution in [2.75, 3.05) is 57.8 Å². The van der Waals surface area contributed by atoms with Gasteiger partial charge in [-0.3, -0.25) is 4.79 Å². The Bertz CT molecular complexity index is 586. The maximum atomic E-state index is 12.6. The van der Waals surface area contributed by atoms with Gasteiger partial charge in [-0.15, -0.1) is 0 Å². The summed E-state index contributed by atoms with van der Waals surface area (Å²) in [6.07, 6.45) is 0.980. The normalized spacial score (nSPS) is 22.0. The summed E-state index contributed by atoms with van der Waals surface area (Å²) in [5, 5.41) is 0. The molecule has 1 amide bonds. The molecule has 24 heavy (non-hydrogen) atoms. The van der Waals surface area contributed by atoms with E-state index in [0.717, 1.165) is 51.4 Å². The number of hydrogen-bond acceptors (Lipinski definition) is 6. The molecule has 2 fully saturated rings. The highest BCUT2D eigenvalue weighted by atomic mass is 16.5. The van der Waals surface area contributed by atoms with Crippen LogP contribution < -0.4 is 9.64 Å². The fourth-order valence-electron chi connectivity index (χ4n) is 3.41. The van der Waals surface area contributed by atoms with Gasteiger partial charge in [-0.1, -0.05) is 0 Å². The highest BCUT2D eigenvalue weighted by molar-refractivity contribution is 5.79. The number of carbonyl (C=O) groups excluding carboxylic acids is 1. The van der Waals surface area contributed by atoms with Crippen molar-refractivity contribution in [2.45, 2.75) is 20.3 Å². The van der Waals surface area contributed by atoms with Gasteiger partial charge in [-0.05, 0) is 33.9 Å². The molecule has 7 heteroatoms. The lowest BCUT2D eigenvalue weighted by molar-refractivity contribution is -0.135. The summed E-state index contributed by atoms with van der Waals surface area (Å²) < 4.78 is 5.51. The Kier molecular flexibility index (Phi) is 5.18. The lowest BCUT2D eigenvalue weighted by atomic mass is 10.1. The summed E-state index contributed by atoms with van der Waals surface area (Å²) in [6.45, 7) is 9.40. The van der Waals surface area contributed by atoms with Gasteiger partial charge in [-0.2, -0.15) is 4.98 Å². The first-order chi connectivity index (χ1) is 11.6. The number of rotatable bonds is 4. The molecule has 0 saturated carbocycles. The molecular weight excluding hydrogens is 306 g/mol. The summed E-state index contributed by atoms with van der Waals surface area (Å²) in [5.74, 6) is 1.79. The van der Waals surface area contributed by atoms with Crippen LogP contribution in [-0.4, -0.2) is 78.6 Å². The molecule has 132 valence electrons. The predicted octanol–water partition coefficient (Wildman–Crippen LogP) is 0.784. The first-order valence-electron chi connectivity index (χ1n) is 8.77. The Morgan fingerprint density at radius 2 is 2.00 bits per heavy atom. The summed E-state index contributed by atoms with van der Waals surface area (Å²) in [7, 11) is 2.08. The van der Waals surface area contributed by atoms with Crippen LogP contribution in [0.5, 0.6) is 5.88 Å². The molecule has 0 spiro atoms. The van der Waals surface area contributed by atoms with E-state index >= 15 is 0 Å². The molecule has 1 aromatic heterocycles. The van der Waals surface area contributed by atoms with E-state index in [4.69, 9.17) is 4.74 Å². The Balaban J connectivity index is 1.60. The zero-order chi connectivity index (χ0) is 17.1. The number of amides is 1. The van der Waals surface area contributed by atoms with Crippen LogP contribution in [0, 0.1) is 12.8 Å². The van der Waals surface area contributed by atoms with E-state index in [1.54, 1.807) is 0 Å². The molecular formula is C17H27N5O2. The van der Waals surface area contributed by atoms with Crippen LogP contribution in [0.25, 0.3) is 0 Å². The number of anilines is 1. The summed E-state index contributed by atoms with van der Waals surface area (Å²) in [6, 6.07) is 1.85. The van der Waals surface area contributed by atoms with Gasteiger partial charge in [-0.25, -0.2) is 4.98 Å². The predicted molar refractivity (Wildman–Crippen MR) is 92.3 cm³/mol. The molecule has 2 aliphatic heterocycles. The van der Waals surface area contributed by atoms with Gasteiger partial charge in [0.15, 0.2) is 0 Å². The molecule has 0 aliphatic carbocycles. The number of nitrogens with zero attached hydrogens (tertiary/aromatic N) is 5. The standard InChI is InChI=1S/C17H27N5O2/c1-4-24-15-11-13(2)18-17(19-15)22-9-7-21(8-10-22)16(23)14-5-6-20(3)12-14/h11,14H,4-10,12H2,1-3H3. The number of likely N-dealkylation sites (tertiary alicyclic amines) is 1. The molecule has 0 bridgehead atoms. The van der Waals surface area contributed by atoms with Crippen LogP contribution in [0.15, 0.2) is 6.07 Å². The van der Waals surface area contributed by atoms with E-state index in [1.165, 1.54) is 0 Å². The average molecular weight is 333 g/mol. The van der Waals surface area contributed by atoms with Crippen molar-refractivity contribution in [2.24, 2.45) is 5.92 Å². The van der Waals surface area contributed by atoms with E-state index < -0.39 is 0 Å². The molecule has 3 rings (SSSR count). The Labute approximate surface area is 143 Å². The van der Waals surface area contributed by atoms with Crippen LogP contribution in [-0.2, 0) is 4.79 Å². The molecule has 2 saturated heterocycles. The molecule has 1 atom stereocenters. The van der Waals surface area contributed by atoms with Crippen LogP contribution in [0.2, 0.25) is 0 Å². The van der Waals surface area contributed by atoms with Crippen LogP contribution in [0.4, 0.5) is 5.95 Å². The summed E-state index contributed by atoms with van der Waals surface area (Å²) in [5.41, 5.74) is 0.899. The second kappa shape index (κ2) is 7.34. The molecule has 0 radical (unpaired) electrons. The third-order valence-corrected chi connectivity index (χ3v) is 4.73. The molecule has 0 N–H and O–H groups in total. The van der Waals surface area contributed by atoms with Crippen molar-refractivity contribution in [3.8, 4) is 5.88 Å². The maximum absolute atomic E-state index is 12.6. The van der Waals surface area contributed by atoms with Gasteiger partial charge in [0.05, 0.1) is 12.5 Å². The average Bonchev–Trinajstić information content (AvgIpc) is 3.00. The molecule has 7 nitrogen and oxygen atoms in total. The van der Waals surface area contributed by atoms with E-state index in [1.807, 2.05) is 24.8 Å². The van der Waals surface area contributed by atoms with E-state index in [0.29, 0.717) is 24.3 Å². The van der Waals surface area contributed by atoms with Crippen LogP contribution in [0.3, 0.4) is 0 Å². The fourth-order valence-corrected chi connectivity index (χ4v) is 3.41. The fraction of sp³-hybridized carbons (Fsp3) is 0.706. The Hall–Kier alpha value is -1.89. The van der Waals surface area contributed by atoms with Crippen molar-refractivity contribution in [3.63, 3.8) is 0 Å². The third-order valence-electron chi connectivity index (χ3n) is 4.73. The highest BCUT2D eigenvalue weighted by Crippen LogP contribution is 2.20. The maximum Gasteiger partial charge on any atom is 0.228 e. The van der Waals surface area contributed by atoms with Gasteiger partial charge in [0.2, 0.25) is 17.7 Å². The molecule has 2 aliphatic rings. The molecule has 1 aromatic rings. The second-order valence-corrected chi connectivity index (χ2v) is 6.64. The molecule has 3 heterocycles. The second-order valence-electron chi connectivity index (χ2n) is 6.64. The monoisotopic (exact) mass is 333 g/mol. The SMILES string of the molecule is CCOc1cc(C)nc(N2CCN(C(=O)C3CCN(C)C3)CC2)n1. The van der Waals surface area contributed by atoms with E-state index in [9.17, 15) is 4.79 Å². The summed E-state index contributed by atoms with van der Waals surface area (Å²) >= 11 is 0. The number of piperazine rings is 1. The minimum Gasteiger partial charge on any atom is -0.478 e. The highest BCUT2D eigenvalue weighted by Gasteiger charge is 2.31. The van der Waals surface area contributed by atoms with Gasteiger partial charge < -0.3 is 19.4 Å². The first kappa shape index (κ1) is 17.0. The topological polar surface area (TPSA) is 61.8 Å². The Morgan fingerprint density at radius 3 is 2.62 bits per heavy atom. The lowest BCUT2D eigenvalue weighted by Crippen LogP contribution is -2.51. The molecule has 1 unspecified atom stereocenters. The van der Waals surface area contributed by atoms with Crippen molar-refractivity contribution < 1.29 is 9.53 Å².